The van der Waals surface area contributed by atoms with Crippen LogP contribution < -0.4 is 0 Å². The Labute approximate surface area is 104 Å². The fourth-order valence-corrected chi connectivity index (χ4v) is 0.944. The van der Waals surface area contributed by atoms with Gasteiger partial charge in [-0.2, -0.15) is 18.2 Å². The van der Waals surface area contributed by atoms with Crippen molar-refractivity contribution < 1.29 is 22.2 Å². The summed E-state index contributed by atoms with van der Waals surface area (Å²) >= 11 is 0. The van der Waals surface area contributed by atoms with E-state index in [0.29, 0.717) is 5.57 Å². The third kappa shape index (κ3) is 5.17. The largest absolute Gasteiger partial charge is 0.506 e. The van der Waals surface area contributed by atoms with E-state index in [4.69, 9.17) is 10.6 Å². The van der Waals surface area contributed by atoms with Crippen molar-refractivity contribution >= 4 is 0 Å². The summed E-state index contributed by atoms with van der Waals surface area (Å²) < 4.78 is 0. The maximum absolute atomic E-state index is 8.91. The van der Waals surface area contributed by atoms with Crippen LogP contribution in [-0.2, 0) is 17.1 Å². The van der Waals surface area contributed by atoms with Gasteiger partial charge in [-0.05, 0) is 10.6 Å². The zero-order valence-electron chi connectivity index (χ0n) is 8.34. The average Bonchev–Trinajstić information content (AvgIpc) is 2.95. The minimum absolute atomic E-state index is 0. The molecule has 0 spiro atoms. The molecule has 0 atom stereocenters. The molecule has 1 aliphatic carbocycles. The molecule has 84 valence electrons. The molecular weight excluding hydrogens is 246 g/mol. The second-order valence-electron chi connectivity index (χ2n) is 2.65. The van der Waals surface area contributed by atoms with Crippen LogP contribution in [0.15, 0.2) is 71.2 Å². The fraction of sp³-hybridized carbons (Fsp3) is 0. The van der Waals surface area contributed by atoms with Gasteiger partial charge in [0.25, 0.3) is 0 Å². The second-order valence-corrected chi connectivity index (χ2v) is 2.65. The van der Waals surface area contributed by atoms with Gasteiger partial charge in [0.15, 0.2) is 5.88 Å². The molecule has 0 aromatic heterocycles. The molecule has 0 fully saturated rings. The molecule has 1 aliphatic rings. The van der Waals surface area contributed by atoms with Gasteiger partial charge in [-0.3, -0.25) is 0 Å². The van der Waals surface area contributed by atoms with Gasteiger partial charge < -0.3 is 5.11 Å². The third-order valence-corrected chi connectivity index (χ3v) is 1.62. The van der Waals surface area contributed by atoms with Crippen molar-refractivity contribution in [3.05, 3.63) is 76.5 Å². The quantitative estimate of drug-likeness (QED) is 0.204. The minimum atomic E-state index is -0.285. The Morgan fingerprint density at radius 2 is 1.81 bits per heavy atom. The summed E-state index contributed by atoms with van der Waals surface area (Å²) in [6.07, 6.45) is 6.81. The van der Waals surface area contributed by atoms with Crippen molar-refractivity contribution in [2.45, 2.75) is 0 Å². The van der Waals surface area contributed by atoms with Crippen molar-refractivity contribution in [1.29, 1.82) is 0 Å². The van der Waals surface area contributed by atoms with Gasteiger partial charge in [-0.1, -0.05) is 24.3 Å². The summed E-state index contributed by atoms with van der Waals surface area (Å²) in [6.45, 7) is 0. The topological polar surface area (TPSA) is 69.0 Å². The van der Waals surface area contributed by atoms with Crippen LogP contribution in [0.1, 0.15) is 0 Å². The van der Waals surface area contributed by atoms with Crippen molar-refractivity contribution in [3.63, 3.8) is 0 Å². The van der Waals surface area contributed by atoms with Crippen LogP contribution in [0, 0.1) is 0 Å². The SMILES string of the molecule is [Fe].[N-]=[N+]=NC(O)=C1C=CC=C1.c1cc[cH-]c1. The van der Waals surface area contributed by atoms with Crippen molar-refractivity contribution in [1.82, 2.24) is 0 Å². The molecule has 0 saturated carbocycles. The Kier molecular flexibility index (Phi) is 7.55. The molecule has 0 bridgehead atoms. The van der Waals surface area contributed by atoms with Crippen LogP contribution in [0.4, 0.5) is 0 Å². The van der Waals surface area contributed by atoms with Gasteiger partial charge in [0.05, 0.1) is 0 Å². The molecule has 0 aliphatic heterocycles. The van der Waals surface area contributed by atoms with Crippen molar-refractivity contribution in [2.24, 2.45) is 5.11 Å². The number of aliphatic hydroxyl groups excluding tert-OH is 1. The molecule has 16 heavy (non-hydrogen) atoms. The van der Waals surface area contributed by atoms with Gasteiger partial charge in [0, 0.05) is 27.6 Å². The first-order chi connectivity index (χ1) is 7.34. The number of nitrogens with zero attached hydrogens (tertiary/aromatic N) is 3. The summed E-state index contributed by atoms with van der Waals surface area (Å²) in [7, 11) is 0. The summed E-state index contributed by atoms with van der Waals surface area (Å²) in [5.41, 5.74) is 8.45. The van der Waals surface area contributed by atoms with Crippen LogP contribution in [0.2, 0.25) is 0 Å². The molecule has 1 aromatic carbocycles. The zero-order valence-corrected chi connectivity index (χ0v) is 9.44. The molecule has 0 saturated heterocycles. The predicted octanol–water partition coefficient (Wildman–Crippen LogP) is 3.60. The van der Waals surface area contributed by atoms with Gasteiger partial charge in [-0.15, -0.1) is 0 Å². The number of aliphatic hydroxyl groups is 1. The number of azide groups is 1. The van der Waals surface area contributed by atoms with E-state index < -0.39 is 0 Å². The smallest absolute Gasteiger partial charge is 0.187 e. The Morgan fingerprint density at radius 3 is 2.19 bits per heavy atom. The Bertz CT molecular complexity index is 395. The van der Waals surface area contributed by atoms with Gasteiger partial charge in [-0.25, -0.2) is 12.1 Å². The van der Waals surface area contributed by atoms with E-state index in [-0.39, 0.29) is 23.0 Å². The summed E-state index contributed by atoms with van der Waals surface area (Å²) in [6, 6.07) is 10.0. The molecule has 0 amide bonds. The fourth-order valence-electron chi connectivity index (χ4n) is 0.944. The number of hydrogen-bond acceptors (Lipinski definition) is 2. The first-order valence-electron chi connectivity index (χ1n) is 4.34. The molecule has 0 heterocycles. The molecule has 4 nitrogen and oxygen atoms in total. The Balaban J connectivity index is 0.000000318. The monoisotopic (exact) mass is 256 g/mol. The zero-order chi connectivity index (χ0) is 10.9. The minimum Gasteiger partial charge on any atom is -0.506 e. The third-order valence-electron chi connectivity index (χ3n) is 1.62. The van der Waals surface area contributed by atoms with Gasteiger partial charge >= 0.3 is 0 Å². The van der Waals surface area contributed by atoms with Crippen LogP contribution >= 0.6 is 0 Å². The van der Waals surface area contributed by atoms with E-state index in [1.807, 2.05) is 30.3 Å². The number of hydrogen-bond donors (Lipinski definition) is 1. The number of rotatable bonds is 1. The van der Waals surface area contributed by atoms with Crippen LogP contribution in [0.25, 0.3) is 10.4 Å². The van der Waals surface area contributed by atoms with E-state index in [1.165, 1.54) is 0 Å². The van der Waals surface area contributed by atoms with Crippen molar-refractivity contribution in [2.75, 3.05) is 0 Å². The Hall–Kier alpha value is -1.80. The summed E-state index contributed by atoms with van der Waals surface area (Å²) in [5.74, 6) is -0.285. The van der Waals surface area contributed by atoms with E-state index in [9.17, 15) is 0 Å². The van der Waals surface area contributed by atoms with Crippen LogP contribution in [0.3, 0.4) is 0 Å². The van der Waals surface area contributed by atoms with E-state index in [2.05, 4.69) is 10.0 Å². The van der Waals surface area contributed by atoms with E-state index in [0.717, 1.165) is 0 Å². The molecule has 5 heteroatoms. The van der Waals surface area contributed by atoms with E-state index >= 15 is 0 Å². The van der Waals surface area contributed by atoms with E-state index in [1.54, 1.807) is 24.3 Å². The predicted molar refractivity (Wildman–Crippen MR) is 59.1 cm³/mol. The molecular formula is C11H10FeN3O-. The molecule has 0 unspecified atom stereocenters. The summed E-state index contributed by atoms with van der Waals surface area (Å²) in [4.78, 5) is 2.43. The molecule has 0 radical (unpaired) electrons. The average molecular weight is 256 g/mol. The van der Waals surface area contributed by atoms with Crippen LogP contribution in [0.5, 0.6) is 0 Å². The maximum atomic E-state index is 8.91. The normalized spacial score (nSPS) is 10.9. The molecule has 1 N–H and O–H groups in total. The van der Waals surface area contributed by atoms with Gasteiger partial charge in [0.1, 0.15) is 0 Å². The first-order valence-corrected chi connectivity index (χ1v) is 4.34. The standard InChI is InChI=1S/C6H5N3O.C5H5.Fe/c7-9-8-6(10)5-3-1-2-4-5;1-2-4-5-3-1;/h1-4,10H;1-5H;/q;-1;. The van der Waals surface area contributed by atoms with Crippen LogP contribution in [-0.4, -0.2) is 5.11 Å². The number of allylic oxidation sites excluding steroid dienone is 5. The van der Waals surface area contributed by atoms with Crippen molar-refractivity contribution in [3.8, 4) is 0 Å². The molecule has 2 rings (SSSR count). The molecule has 1 aromatic rings. The van der Waals surface area contributed by atoms with Gasteiger partial charge in [0.2, 0.25) is 0 Å². The second kappa shape index (κ2) is 8.50. The Morgan fingerprint density at radius 1 is 1.25 bits per heavy atom. The summed E-state index contributed by atoms with van der Waals surface area (Å²) in [5, 5.41) is 11.9. The first kappa shape index (κ1) is 14.2. The maximum Gasteiger partial charge on any atom is 0.187 e.